The number of aryl methyl sites for hydroxylation is 1. The molecule has 25 aromatic rings. The molecule has 3 aromatic heterocycles. The van der Waals surface area contributed by atoms with Gasteiger partial charge in [-0.1, -0.05) is 423 Å². The molecule has 0 spiro atoms. The fourth-order valence-electron chi connectivity index (χ4n) is 22.2. The number of hydrogen-bond donors (Lipinski definition) is 0. The van der Waals surface area contributed by atoms with Crippen LogP contribution in [-0.2, 0) is 10.8 Å². The lowest BCUT2D eigenvalue weighted by Gasteiger charge is -2.26. The van der Waals surface area contributed by atoms with Gasteiger partial charge in [-0.05, 0) is 244 Å². The van der Waals surface area contributed by atoms with Crippen molar-refractivity contribution in [3.05, 3.63) is 477 Å². The Hall–Kier alpha value is -16.2. The van der Waals surface area contributed by atoms with Crippen LogP contribution >= 0.6 is 0 Å². The molecule has 1 aliphatic rings. The van der Waals surface area contributed by atoms with E-state index in [1.807, 2.05) is 0 Å². The first-order valence-corrected chi connectivity index (χ1v) is 45.9. The Kier molecular flexibility index (Phi) is 18.8. The van der Waals surface area contributed by atoms with Gasteiger partial charge in [0.05, 0.1) is 38.8 Å². The molecule has 0 bridgehead atoms. The van der Waals surface area contributed by atoms with Gasteiger partial charge in [0.15, 0.2) is 0 Å². The van der Waals surface area contributed by atoms with Gasteiger partial charge in [0, 0.05) is 49.1 Å². The van der Waals surface area contributed by atoms with E-state index in [2.05, 4.69) is 510 Å². The van der Waals surface area contributed by atoms with E-state index < -0.39 is 0 Å². The van der Waals surface area contributed by atoms with E-state index >= 15 is 0 Å². The lowest BCUT2D eigenvalue weighted by Crippen LogP contribution is -2.15. The maximum atomic E-state index is 2.48. The van der Waals surface area contributed by atoms with Gasteiger partial charge in [-0.2, -0.15) is 0 Å². The Bertz CT molecular complexity index is 8580. The van der Waals surface area contributed by atoms with Crippen LogP contribution in [-0.4, -0.2) is 13.7 Å². The van der Waals surface area contributed by atoms with Crippen molar-refractivity contribution < 1.29 is 0 Å². The van der Waals surface area contributed by atoms with E-state index in [-0.39, 0.29) is 10.8 Å². The van der Waals surface area contributed by atoms with Crippen LogP contribution < -0.4 is 0 Å². The van der Waals surface area contributed by atoms with Crippen LogP contribution in [0.3, 0.4) is 0 Å². The van der Waals surface area contributed by atoms with Crippen molar-refractivity contribution in [3.8, 4) is 95.0 Å². The number of nitrogens with zero attached hydrogens (tertiary/aromatic N) is 3. The first-order valence-electron chi connectivity index (χ1n) is 45.9. The Morgan fingerprint density at radius 2 is 0.420 bits per heavy atom. The van der Waals surface area contributed by atoms with E-state index in [1.165, 1.54) is 247 Å². The van der Waals surface area contributed by atoms with Gasteiger partial charge < -0.3 is 13.7 Å². The second-order valence-corrected chi connectivity index (χ2v) is 36.8. The zero-order chi connectivity index (χ0) is 87.7. The molecule has 3 heteroatoms. The van der Waals surface area contributed by atoms with Gasteiger partial charge in [-0.25, -0.2) is 0 Å². The van der Waals surface area contributed by atoms with Crippen LogP contribution in [0, 0.1) is 6.92 Å². The Morgan fingerprint density at radius 1 is 0.191 bits per heavy atom. The molecule has 0 radical (unpaired) electrons. The molecule has 3 nitrogen and oxygen atoms in total. The summed E-state index contributed by atoms with van der Waals surface area (Å²) in [4.78, 5) is 0. The van der Waals surface area contributed by atoms with Crippen molar-refractivity contribution in [1.29, 1.82) is 0 Å². The van der Waals surface area contributed by atoms with Crippen LogP contribution in [0.5, 0.6) is 0 Å². The van der Waals surface area contributed by atoms with Crippen LogP contribution in [0.25, 0.3) is 225 Å². The fraction of sp³-hybridized carbons (Fsp3) is 0.0625. The highest BCUT2D eigenvalue weighted by Gasteiger charge is 2.37. The highest BCUT2D eigenvalue weighted by molar-refractivity contribution is 6.25. The first-order chi connectivity index (χ1) is 64.4. The van der Waals surface area contributed by atoms with Gasteiger partial charge in [0.25, 0.3) is 0 Å². The molecule has 26 rings (SSSR count). The third-order valence-electron chi connectivity index (χ3n) is 28.0. The molecule has 0 atom stereocenters. The van der Waals surface area contributed by atoms with Crippen LogP contribution in [0.2, 0.25) is 0 Å². The topological polar surface area (TPSA) is 14.8 Å². The van der Waals surface area contributed by atoms with Gasteiger partial charge in [-0.3, -0.25) is 0 Å². The maximum Gasteiger partial charge on any atom is 0.0541 e. The second kappa shape index (κ2) is 31.4. The van der Waals surface area contributed by atoms with E-state index in [0.717, 1.165) is 0 Å². The Balaban J connectivity index is 0.000000109. The van der Waals surface area contributed by atoms with Gasteiger partial charge in [0.2, 0.25) is 0 Å². The van der Waals surface area contributed by atoms with E-state index in [9.17, 15) is 0 Å². The summed E-state index contributed by atoms with van der Waals surface area (Å²) in [7, 11) is 0. The molecule has 0 saturated heterocycles. The number of para-hydroxylation sites is 6. The normalized spacial score (nSPS) is 12.4. The number of rotatable bonds is 9. The van der Waals surface area contributed by atoms with Gasteiger partial charge in [-0.15, -0.1) is 0 Å². The number of benzene rings is 22. The molecule has 0 fully saturated rings. The minimum absolute atomic E-state index is 0.0400. The molecule has 0 saturated carbocycles. The summed E-state index contributed by atoms with van der Waals surface area (Å²) in [6.07, 6.45) is 0. The molecule has 0 N–H and O–H groups in total. The van der Waals surface area contributed by atoms with E-state index in [0.29, 0.717) is 0 Å². The van der Waals surface area contributed by atoms with Crippen molar-refractivity contribution in [1.82, 2.24) is 13.7 Å². The largest absolute Gasteiger partial charge is 0.309 e. The lowest BCUT2D eigenvalue weighted by atomic mass is 9.80. The molecular weight excluding hydrogens is 1580 g/mol. The lowest BCUT2D eigenvalue weighted by molar-refractivity contribution is 0.587. The Labute approximate surface area is 762 Å². The van der Waals surface area contributed by atoms with E-state index in [4.69, 9.17) is 0 Å². The summed E-state index contributed by atoms with van der Waals surface area (Å²) in [5, 5.41) is 23.1. The zero-order valence-corrected chi connectivity index (χ0v) is 74.1. The predicted octanol–water partition coefficient (Wildman–Crippen LogP) is 35.2. The minimum Gasteiger partial charge on any atom is -0.309 e. The highest BCUT2D eigenvalue weighted by Crippen LogP contribution is 2.54. The smallest absolute Gasteiger partial charge is 0.0541 e. The Morgan fingerprint density at radius 3 is 0.733 bits per heavy atom. The van der Waals surface area contributed by atoms with Crippen molar-refractivity contribution in [2.45, 2.75) is 52.4 Å². The minimum atomic E-state index is -0.162. The van der Waals surface area contributed by atoms with Gasteiger partial charge >= 0.3 is 0 Å². The maximum absolute atomic E-state index is 2.48. The predicted molar refractivity (Wildman–Crippen MR) is 561 cm³/mol. The quantitative estimate of drug-likeness (QED) is 0.128. The molecule has 1 aliphatic carbocycles. The average Bonchev–Trinajstić information content (AvgIpc) is 1.69. The SMILES string of the molecule is CC(C)(C)c1ccc(-c2c3ccccc3c(-c3ccccc3)c3ccccc23)cc1-n1c2ccccc2c2ccccc21.CC1(C)c2cc(-c3c4ccccc4c(-c4ccccc4)c4ccccc34)ccc2-c2ccc(-n3c4ccccc4c4ccccc43)cc21.Cc1ccc(-c2c3ccccc3c(-c3ccccc3)c3ccccc23)cc1-n1c2ccccc2c2ccccc21. The van der Waals surface area contributed by atoms with Crippen LogP contribution in [0.1, 0.15) is 56.9 Å². The van der Waals surface area contributed by atoms with Crippen molar-refractivity contribution in [3.63, 3.8) is 0 Å². The van der Waals surface area contributed by atoms with Crippen LogP contribution in [0.15, 0.2) is 455 Å². The summed E-state index contributed by atoms with van der Waals surface area (Å²) in [6, 6.07) is 167. The molecule has 620 valence electrons. The first kappa shape index (κ1) is 78.3. The molecular formula is C128H93N3. The number of aromatic nitrogens is 3. The molecule has 0 aliphatic heterocycles. The van der Waals surface area contributed by atoms with Crippen molar-refractivity contribution >= 4 is 130 Å². The fourth-order valence-corrected chi connectivity index (χ4v) is 22.2. The number of hydrogen-bond acceptors (Lipinski definition) is 0. The summed E-state index contributed by atoms with van der Waals surface area (Å²) in [5.74, 6) is 0. The monoisotopic (exact) mass is 1670 g/mol. The summed E-state index contributed by atoms with van der Waals surface area (Å²) in [5.41, 5.74) is 34.2. The second-order valence-electron chi connectivity index (χ2n) is 36.8. The van der Waals surface area contributed by atoms with Crippen LogP contribution in [0.4, 0.5) is 0 Å². The summed E-state index contributed by atoms with van der Waals surface area (Å²) in [6.45, 7) is 14.0. The van der Waals surface area contributed by atoms with Gasteiger partial charge in [0.1, 0.15) is 0 Å². The molecule has 3 heterocycles. The third-order valence-corrected chi connectivity index (χ3v) is 28.0. The van der Waals surface area contributed by atoms with Crippen molar-refractivity contribution in [2.75, 3.05) is 0 Å². The van der Waals surface area contributed by atoms with Crippen molar-refractivity contribution in [2.24, 2.45) is 0 Å². The highest BCUT2D eigenvalue weighted by atomic mass is 15.0. The number of fused-ring (bicyclic) bond motifs is 18. The third kappa shape index (κ3) is 12.8. The molecule has 131 heavy (non-hydrogen) atoms. The zero-order valence-electron chi connectivity index (χ0n) is 74.1. The molecule has 0 amide bonds. The molecule has 0 unspecified atom stereocenters. The summed E-state index contributed by atoms with van der Waals surface area (Å²) >= 11 is 0. The summed E-state index contributed by atoms with van der Waals surface area (Å²) < 4.78 is 7.35. The standard InChI is InChI=1S/C47H33N.C42H33N.C39H27N/c1-47(2)41-28-31(46-39-20-8-6-18-37(39)45(30-14-4-3-5-15-30)38-19-7-9-21-40(38)46)24-26-33(41)34-27-25-32(29-42(34)47)48-43-22-12-10-16-35(43)36-17-11-13-23-44(36)48;1-42(2,3)36-26-25-29(27-39(36)43-37-23-13-11-17-30(37)31-18-12-14-24-38(31)43)41-34-21-9-7-19-32(34)40(28-15-5-4-6-16-28)33-20-8-10-22-35(33)41;1-26-23-24-28(25-37(26)40-35-21-11-9-15-29(35)30-16-10-12-22-36(30)40)39-33-19-7-5-17-31(33)38(27-13-3-2-4-14-27)32-18-6-8-20-34(32)39/h3-29H,1-2H3;4-27H,1-3H3;2-25H,1H3. The average molecular weight is 1670 g/mol. The molecule has 22 aromatic carbocycles. The van der Waals surface area contributed by atoms with E-state index in [1.54, 1.807) is 0 Å².